The molecule has 0 atom stereocenters. The first-order valence-corrected chi connectivity index (χ1v) is 9.09. The van der Waals surface area contributed by atoms with Crippen LogP contribution in [0.1, 0.15) is 38.8 Å². The van der Waals surface area contributed by atoms with Crippen LogP contribution in [0.2, 0.25) is 0 Å². The Balaban J connectivity index is 1.68. The van der Waals surface area contributed by atoms with Crippen molar-refractivity contribution < 1.29 is 18.8 Å². The van der Waals surface area contributed by atoms with Crippen LogP contribution in [0.25, 0.3) is 0 Å². The first-order chi connectivity index (χ1) is 13.2. The summed E-state index contributed by atoms with van der Waals surface area (Å²) in [6.45, 7) is 7.99. The molecule has 1 N–H and O–H groups in total. The van der Waals surface area contributed by atoms with Gasteiger partial charge in [-0.15, -0.1) is 0 Å². The maximum atomic E-state index is 12.0. The van der Waals surface area contributed by atoms with Crippen molar-refractivity contribution in [1.29, 1.82) is 5.26 Å². The van der Waals surface area contributed by atoms with E-state index in [9.17, 15) is 10.1 Å². The lowest BCUT2D eigenvalue weighted by Gasteiger charge is -2.32. The Morgan fingerprint density at radius 1 is 1.11 bits per heavy atom. The van der Waals surface area contributed by atoms with Crippen LogP contribution in [0.15, 0.2) is 48.5 Å². The third kappa shape index (κ3) is 4.19. The zero-order chi connectivity index (χ0) is 20.4. The molecule has 144 valence electrons. The number of ether oxygens (including phenoxy) is 1. The van der Waals surface area contributed by atoms with Crippen molar-refractivity contribution in [3.63, 3.8) is 0 Å². The predicted molar refractivity (Wildman–Crippen MR) is 107 cm³/mol. The van der Waals surface area contributed by atoms with Crippen LogP contribution in [0, 0.1) is 11.3 Å². The standard InChI is InChI=1S/C21H23BN2O4/c1-20(2)21(3,4)28-22(27-20)18-11-10-17(12-16(18)13-23)24-19(25)26-14-15-8-6-5-7-9-15/h5-12H,14H2,1-4H3,(H,24,25). The summed E-state index contributed by atoms with van der Waals surface area (Å²) in [4.78, 5) is 12.0. The summed E-state index contributed by atoms with van der Waals surface area (Å²) >= 11 is 0. The molecular formula is C21H23BN2O4. The number of carbonyl (C=O) groups is 1. The quantitative estimate of drug-likeness (QED) is 0.823. The zero-order valence-electron chi connectivity index (χ0n) is 16.5. The average Bonchev–Trinajstić information content (AvgIpc) is 2.88. The lowest BCUT2D eigenvalue weighted by atomic mass is 9.76. The molecule has 7 heteroatoms. The minimum atomic E-state index is -0.640. The molecule has 2 aromatic carbocycles. The van der Waals surface area contributed by atoms with Crippen LogP contribution < -0.4 is 10.8 Å². The molecule has 0 saturated carbocycles. The molecule has 1 fully saturated rings. The molecule has 0 spiro atoms. The van der Waals surface area contributed by atoms with Gasteiger partial charge in [-0.2, -0.15) is 5.26 Å². The van der Waals surface area contributed by atoms with E-state index in [4.69, 9.17) is 14.0 Å². The molecule has 0 aliphatic carbocycles. The Morgan fingerprint density at radius 3 is 2.36 bits per heavy atom. The molecule has 1 heterocycles. The summed E-state index contributed by atoms with van der Waals surface area (Å²) in [6, 6.07) is 16.6. The molecule has 2 aromatic rings. The number of anilines is 1. The van der Waals surface area contributed by atoms with Gasteiger partial charge in [0, 0.05) is 11.2 Å². The number of nitrogens with zero attached hydrogens (tertiary/aromatic N) is 1. The summed E-state index contributed by atoms with van der Waals surface area (Å²) < 4.78 is 17.2. The van der Waals surface area contributed by atoms with Crippen molar-refractivity contribution in [2.75, 3.05) is 5.32 Å². The van der Waals surface area contributed by atoms with Gasteiger partial charge in [0.15, 0.2) is 0 Å². The van der Waals surface area contributed by atoms with Gasteiger partial charge in [0.25, 0.3) is 0 Å². The van der Waals surface area contributed by atoms with Crippen LogP contribution >= 0.6 is 0 Å². The van der Waals surface area contributed by atoms with Crippen molar-refractivity contribution in [2.24, 2.45) is 0 Å². The molecule has 1 aliphatic heterocycles. The van der Waals surface area contributed by atoms with E-state index < -0.39 is 24.4 Å². The molecular weight excluding hydrogens is 355 g/mol. The molecule has 6 nitrogen and oxygen atoms in total. The van der Waals surface area contributed by atoms with Gasteiger partial charge in [-0.3, -0.25) is 5.32 Å². The Morgan fingerprint density at radius 2 is 1.75 bits per heavy atom. The van der Waals surface area contributed by atoms with Crippen molar-refractivity contribution in [2.45, 2.75) is 45.5 Å². The molecule has 1 aliphatic rings. The maximum Gasteiger partial charge on any atom is 0.496 e. The smallest absolute Gasteiger partial charge is 0.444 e. The van der Waals surface area contributed by atoms with Crippen LogP contribution in [0.4, 0.5) is 10.5 Å². The Labute approximate surface area is 165 Å². The number of hydrogen-bond donors (Lipinski definition) is 1. The second kappa shape index (κ2) is 7.66. The second-order valence-electron chi connectivity index (χ2n) is 7.69. The maximum absolute atomic E-state index is 12.0. The van der Waals surface area contributed by atoms with Crippen LogP contribution in [-0.4, -0.2) is 24.4 Å². The highest BCUT2D eigenvalue weighted by Gasteiger charge is 2.52. The summed E-state index contributed by atoms with van der Waals surface area (Å²) in [5, 5.41) is 12.2. The monoisotopic (exact) mass is 378 g/mol. The second-order valence-corrected chi connectivity index (χ2v) is 7.69. The normalized spacial score (nSPS) is 17.0. The van der Waals surface area contributed by atoms with Crippen molar-refractivity contribution in [1.82, 2.24) is 0 Å². The van der Waals surface area contributed by atoms with Gasteiger partial charge in [-0.05, 0) is 45.4 Å². The molecule has 0 bridgehead atoms. The predicted octanol–water partition coefficient (Wildman–Crippen LogP) is 3.61. The van der Waals surface area contributed by atoms with E-state index >= 15 is 0 Å². The van der Waals surface area contributed by atoms with Gasteiger partial charge in [0.05, 0.1) is 22.8 Å². The number of nitriles is 1. The Hall–Kier alpha value is -2.82. The number of amides is 1. The third-order valence-electron chi connectivity index (χ3n) is 5.14. The highest BCUT2D eigenvalue weighted by atomic mass is 16.7. The first kappa shape index (κ1) is 19.9. The summed E-state index contributed by atoms with van der Waals surface area (Å²) in [5.41, 5.74) is 1.37. The SMILES string of the molecule is CC1(C)OB(c2ccc(NC(=O)OCc3ccccc3)cc2C#N)OC1(C)C. The number of benzene rings is 2. The van der Waals surface area contributed by atoms with E-state index in [1.165, 1.54) is 0 Å². The minimum absolute atomic E-state index is 0.170. The third-order valence-corrected chi connectivity index (χ3v) is 5.14. The topological polar surface area (TPSA) is 80.6 Å². The fourth-order valence-electron chi connectivity index (χ4n) is 2.78. The van der Waals surface area contributed by atoms with Gasteiger partial charge >= 0.3 is 13.2 Å². The van der Waals surface area contributed by atoms with E-state index in [0.717, 1.165) is 5.56 Å². The molecule has 1 saturated heterocycles. The van der Waals surface area contributed by atoms with E-state index in [2.05, 4.69) is 11.4 Å². The van der Waals surface area contributed by atoms with Gasteiger partial charge < -0.3 is 14.0 Å². The van der Waals surface area contributed by atoms with Crippen LogP contribution in [-0.2, 0) is 20.7 Å². The van der Waals surface area contributed by atoms with Crippen molar-refractivity contribution in [3.8, 4) is 6.07 Å². The molecule has 28 heavy (non-hydrogen) atoms. The number of rotatable bonds is 4. The zero-order valence-corrected chi connectivity index (χ0v) is 16.5. The lowest BCUT2D eigenvalue weighted by Crippen LogP contribution is -2.41. The number of carbonyl (C=O) groups excluding carboxylic acids is 1. The average molecular weight is 378 g/mol. The highest BCUT2D eigenvalue weighted by molar-refractivity contribution is 6.62. The van der Waals surface area contributed by atoms with E-state index in [-0.39, 0.29) is 6.61 Å². The fraction of sp³-hybridized carbons (Fsp3) is 0.333. The van der Waals surface area contributed by atoms with E-state index in [1.54, 1.807) is 18.2 Å². The number of nitrogens with one attached hydrogen (secondary N) is 1. The molecule has 0 aromatic heterocycles. The van der Waals surface area contributed by atoms with Gasteiger partial charge in [-0.25, -0.2) is 4.79 Å². The van der Waals surface area contributed by atoms with Gasteiger partial charge in [0.1, 0.15) is 6.61 Å². The lowest BCUT2D eigenvalue weighted by molar-refractivity contribution is 0.00578. The van der Waals surface area contributed by atoms with Crippen LogP contribution in [0.5, 0.6) is 0 Å². The minimum Gasteiger partial charge on any atom is -0.444 e. The van der Waals surface area contributed by atoms with Gasteiger partial charge in [-0.1, -0.05) is 36.4 Å². The van der Waals surface area contributed by atoms with E-state index in [0.29, 0.717) is 16.7 Å². The van der Waals surface area contributed by atoms with E-state index in [1.807, 2.05) is 58.0 Å². The summed E-state index contributed by atoms with van der Waals surface area (Å²) in [7, 11) is -0.640. The summed E-state index contributed by atoms with van der Waals surface area (Å²) in [5.74, 6) is 0. The summed E-state index contributed by atoms with van der Waals surface area (Å²) in [6.07, 6.45) is -0.587. The fourth-order valence-corrected chi connectivity index (χ4v) is 2.78. The highest BCUT2D eigenvalue weighted by Crippen LogP contribution is 2.36. The van der Waals surface area contributed by atoms with Crippen molar-refractivity contribution in [3.05, 3.63) is 59.7 Å². The Kier molecular flexibility index (Phi) is 5.46. The molecule has 3 rings (SSSR count). The van der Waals surface area contributed by atoms with Crippen LogP contribution in [0.3, 0.4) is 0 Å². The number of hydrogen-bond acceptors (Lipinski definition) is 5. The van der Waals surface area contributed by atoms with Crippen molar-refractivity contribution >= 4 is 24.4 Å². The Bertz CT molecular complexity index is 890. The first-order valence-electron chi connectivity index (χ1n) is 9.09. The van der Waals surface area contributed by atoms with Gasteiger partial charge in [0.2, 0.25) is 0 Å². The molecule has 1 amide bonds. The largest absolute Gasteiger partial charge is 0.496 e. The molecule has 0 unspecified atom stereocenters. The molecule has 0 radical (unpaired) electrons.